The van der Waals surface area contributed by atoms with Gasteiger partial charge in [0.25, 0.3) is 0 Å². The van der Waals surface area contributed by atoms with E-state index in [0.717, 1.165) is 12.5 Å². The van der Waals surface area contributed by atoms with Gasteiger partial charge in [-0.25, -0.2) is 0 Å². The van der Waals surface area contributed by atoms with Crippen LogP contribution in [0.3, 0.4) is 0 Å². The van der Waals surface area contributed by atoms with Crippen LogP contribution in [0.2, 0.25) is 0 Å². The molecule has 1 aliphatic rings. The van der Waals surface area contributed by atoms with Crippen LogP contribution >= 0.6 is 0 Å². The van der Waals surface area contributed by atoms with E-state index in [-0.39, 0.29) is 5.60 Å². The van der Waals surface area contributed by atoms with Gasteiger partial charge in [-0.3, -0.25) is 0 Å². The van der Waals surface area contributed by atoms with Crippen LogP contribution in [0.15, 0.2) is 0 Å². The normalized spacial score (nSPS) is 31.5. The maximum Gasteiger partial charge on any atom is 0.0754 e. The van der Waals surface area contributed by atoms with Gasteiger partial charge < -0.3 is 14.8 Å². The number of nitrogens with one attached hydrogen (secondary N) is 1. The second-order valence-electron chi connectivity index (χ2n) is 7.41. The summed E-state index contributed by atoms with van der Waals surface area (Å²) < 4.78 is 11.9. The molecule has 0 amide bonds. The Labute approximate surface area is 125 Å². The Bertz CT molecular complexity index is 262. The zero-order valence-electron chi connectivity index (χ0n) is 14.4. The lowest BCUT2D eigenvalue weighted by atomic mass is 9.78. The predicted octanol–water partition coefficient (Wildman–Crippen LogP) is 3.62. The van der Waals surface area contributed by atoms with Crippen molar-refractivity contribution in [3.8, 4) is 0 Å². The average Bonchev–Trinajstić information content (AvgIpc) is 2.32. The third-order valence-corrected chi connectivity index (χ3v) is 3.97. The highest BCUT2D eigenvalue weighted by atomic mass is 16.5. The molecule has 1 rings (SSSR count). The first-order valence-electron chi connectivity index (χ1n) is 8.32. The summed E-state index contributed by atoms with van der Waals surface area (Å²) in [6.07, 6.45) is 4.02. The molecular weight excluding hydrogens is 250 g/mol. The van der Waals surface area contributed by atoms with Gasteiger partial charge in [0.1, 0.15) is 0 Å². The first kappa shape index (κ1) is 17.9. The van der Waals surface area contributed by atoms with Gasteiger partial charge in [-0.15, -0.1) is 0 Å². The van der Waals surface area contributed by atoms with Crippen molar-refractivity contribution >= 4 is 0 Å². The lowest BCUT2D eigenvalue weighted by molar-refractivity contribution is -0.0827. The van der Waals surface area contributed by atoms with Crippen molar-refractivity contribution in [1.82, 2.24) is 5.32 Å². The maximum absolute atomic E-state index is 6.16. The van der Waals surface area contributed by atoms with Gasteiger partial charge >= 0.3 is 0 Å². The minimum absolute atomic E-state index is 0.0735. The molecule has 120 valence electrons. The van der Waals surface area contributed by atoms with Crippen LogP contribution in [0, 0.1) is 11.8 Å². The summed E-state index contributed by atoms with van der Waals surface area (Å²) in [6, 6.07) is 0.503. The van der Waals surface area contributed by atoms with Crippen molar-refractivity contribution in [3.63, 3.8) is 0 Å². The summed E-state index contributed by atoms with van der Waals surface area (Å²) in [4.78, 5) is 0. The number of ether oxygens (including phenoxy) is 2. The van der Waals surface area contributed by atoms with E-state index in [4.69, 9.17) is 9.47 Å². The molecule has 1 N–H and O–H groups in total. The van der Waals surface area contributed by atoms with E-state index < -0.39 is 0 Å². The summed E-state index contributed by atoms with van der Waals surface area (Å²) in [5.74, 6) is 1.42. The second-order valence-corrected chi connectivity index (χ2v) is 7.41. The minimum Gasteiger partial charge on any atom is -0.374 e. The standard InChI is InChI=1S/C17H35NO2/c1-7-8-18-15-12-13(2)11-14(3)16(15)19-9-10-20-17(4,5)6/h13-16,18H,7-12H2,1-6H3. The predicted molar refractivity (Wildman–Crippen MR) is 85.1 cm³/mol. The van der Waals surface area contributed by atoms with Crippen molar-refractivity contribution < 1.29 is 9.47 Å². The van der Waals surface area contributed by atoms with Gasteiger partial charge in [-0.1, -0.05) is 20.8 Å². The number of hydrogen-bond acceptors (Lipinski definition) is 3. The van der Waals surface area contributed by atoms with Gasteiger partial charge in [0.2, 0.25) is 0 Å². The van der Waals surface area contributed by atoms with Crippen LogP contribution in [-0.2, 0) is 9.47 Å². The van der Waals surface area contributed by atoms with Crippen molar-refractivity contribution in [1.29, 1.82) is 0 Å². The zero-order valence-corrected chi connectivity index (χ0v) is 14.4. The summed E-state index contributed by atoms with van der Waals surface area (Å²) >= 11 is 0. The Hall–Kier alpha value is -0.120. The fourth-order valence-electron chi connectivity index (χ4n) is 3.17. The number of rotatable bonds is 7. The molecule has 0 heterocycles. The van der Waals surface area contributed by atoms with E-state index in [1.165, 1.54) is 19.3 Å². The van der Waals surface area contributed by atoms with Crippen molar-refractivity contribution in [2.45, 2.75) is 78.6 Å². The molecule has 4 atom stereocenters. The molecule has 3 nitrogen and oxygen atoms in total. The largest absolute Gasteiger partial charge is 0.374 e. The molecule has 0 saturated heterocycles. The zero-order chi connectivity index (χ0) is 15.2. The highest BCUT2D eigenvalue weighted by Crippen LogP contribution is 2.31. The molecule has 1 fully saturated rings. The molecule has 4 unspecified atom stereocenters. The van der Waals surface area contributed by atoms with Gasteiger partial charge in [-0.05, 0) is 58.4 Å². The van der Waals surface area contributed by atoms with E-state index in [1.807, 2.05) is 0 Å². The SMILES string of the molecule is CCCNC1CC(C)CC(C)C1OCCOC(C)(C)C. The van der Waals surface area contributed by atoms with E-state index in [0.29, 0.717) is 31.3 Å². The first-order chi connectivity index (χ1) is 9.33. The fourth-order valence-corrected chi connectivity index (χ4v) is 3.17. The topological polar surface area (TPSA) is 30.5 Å². The van der Waals surface area contributed by atoms with E-state index >= 15 is 0 Å². The third-order valence-electron chi connectivity index (χ3n) is 3.97. The van der Waals surface area contributed by atoms with Gasteiger partial charge in [0, 0.05) is 6.04 Å². The smallest absolute Gasteiger partial charge is 0.0754 e. The average molecular weight is 285 g/mol. The maximum atomic E-state index is 6.16. The highest BCUT2D eigenvalue weighted by molar-refractivity contribution is 4.88. The number of hydrogen-bond donors (Lipinski definition) is 1. The quantitative estimate of drug-likeness (QED) is 0.725. The van der Waals surface area contributed by atoms with Crippen LogP contribution in [0.5, 0.6) is 0 Å². The van der Waals surface area contributed by atoms with E-state index in [9.17, 15) is 0 Å². The Kier molecular flexibility index (Phi) is 7.49. The highest BCUT2D eigenvalue weighted by Gasteiger charge is 2.34. The van der Waals surface area contributed by atoms with Crippen LogP contribution in [-0.4, -0.2) is 37.5 Å². The first-order valence-corrected chi connectivity index (χ1v) is 8.32. The van der Waals surface area contributed by atoms with Crippen molar-refractivity contribution in [2.75, 3.05) is 19.8 Å². The molecule has 1 aliphatic carbocycles. The molecular formula is C17H35NO2. The minimum atomic E-state index is -0.0735. The second kappa shape index (κ2) is 8.35. The third kappa shape index (κ3) is 6.55. The van der Waals surface area contributed by atoms with Crippen LogP contribution < -0.4 is 5.32 Å². The van der Waals surface area contributed by atoms with E-state index in [2.05, 4.69) is 46.9 Å². The Morgan fingerprint density at radius 2 is 1.80 bits per heavy atom. The van der Waals surface area contributed by atoms with Gasteiger partial charge in [-0.2, -0.15) is 0 Å². The monoisotopic (exact) mass is 285 g/mol. The molecule has 1 saturated carbocycles. The molecule has 0 bridgehead atoms. The molecule has 0 aromatic heterocycles. The molecule has 0 aromatic rings. The molecule has 3 heteroatoms. The molecule has 0 radical (unpaired) electrons. The van der Waals surface area contributed by atoms with Crippen LogP contribution in [0.4, 0.5) is 0 Å². The van der Waals surface area contributed by atoms with E-state index in [1.54, 1.807) is 0 Å². The van der Waals surface area contributed by atoms with Crippen molar-refractivity contribution in [3.05, 3.63) is 0 Å². The fraction of sp³-hybridized carbons (Fsp3) is 1.00. The molecule has 20 heavy (non-hydrogen) atoms. The summed E-state index contributed by atoms with van der Waals surface area (Å²) in [5.41, 5.74) is -0.0735. The lowest BCUT2D eigenvalue weighted by Gasteiger charge is -2.40. The lowest BCUT2D eigenvalue weighted by Crippen LogP contribution is -2.50. The van der Waals surface area contributed by atoms with Crippen LogP contribution in [0.25, 0.3) is 0 Å². The van der Waals surface area contributed by atoms with Crippen molar-refractivity contribution in [2.24, 2.45) is 11.8 Å². The van der Waals surface area contributed by atoms with Gasteiger partial charge in [0.15, 0.2) is 0 Å². The van der Waals surface area contributed by atoms with Gasteiger partial charge in [0.05, 0.1) is 24.9 Å². The molecule has 0 aliphatic heterocycles. The molecule has 0 aromatic carbocycles. The summed E-state index contributed by atoms with van der Waals surface area (Å²) in [5, 5.41) is 3.67. The Balaban J connectivity index is 2.41. The Morgan fingerprint density at radius 1 is 1.10 bits per heavy atom. The van der Waals surface area contributed by atoms with Crippen LogP contribution in [0.1, 0.15) is 60.8 Å². The Morgan fingerprint density at radius 3 is 2.40 bits per heavy atom. The molecule has 0 spiro atoms. The summed E-state index contributed by atoms with van der Waals surface area (Å²) in [7, 11) is 0. The summed E-state index contributed by atoms with van der Waals surface area (Å²) in [6.45, 7) is 15.6.